The summed E-state index contributed by atoms with van der Waals surface area (Å²) in [5.41, 5.74) is 3.18. The molecule has 2 aromatic carbocycles. The van der Waals surface area contributed by atoms with Gasteiger partial charge in [0, 0.05) is 13.7 Å². The van der Waals surface area contributed by atoms with Crippen LogP contribution in [0.2, 0.25) is 0 Å². The Labute approximate surface area is 162 Å². The van der Waals surface area contributed by atoms with Gasteiger partial charge in [0.05, 0.1) is 29.9 Å². The fourth-order valence-corrected chi connectivity index (χ4v) is 3.92. The first-order chi connectivity index (χ1) is 13.1. The molecular formula is C21H24N2O3S. The van der Waals surface area contributed by atoms with Crippen molar-refractivity contribution in [3.05, 3.63) is 58.4 Å². The minimum Gasteiger partial charge on any atom is -0.494 e. The fraction of sp³-hybridized carbons (Fsp3) is 0.333. The van der Waals surface area contributed by atoms with Crippen LogP contribution >= 0.6 is 11.3 Å². The maximum absolute atomic E-state index is 12.5. The van der Waals surface area contributed by atoms with Crippen molar-refractivity contribution in [3.63, 3.8) is 0 Å². The quantitative estimate of drug-likeness (QED) is 0.624. The summed E-state index contributed by atoms with van der Waals surface area (Å²) in [7, 11) is 1.67. The zero-order chi connectivity index (χ0) is 19.2. The molecule has 3 aromatic rings. The summed E-state index contributed by atoms with van der Waals surface area (Å²) in [5.74, 6) is 0.671. The number of amides is 1. The number of benzene rings is 2. The average molecular weight is 385 g/mol. The molecule has 0 atom stereocenters. The summed E-state index contributed by atoms with van der Waals surface area (Å²) in [6.07, 6.45) is 0.295. The van der Waals surface area contributed by atoms with Gasteiger partial charge in [-0.1, -0.05) is 41.2 Å². The molecular weight excluding hydrogens is 360 g/mol. The van der Waals surface area contributed by atoms with E-state index in [-0.39, 0.29) is 5.91 Å². The van der Waals surface area contributed by atoms with Gasteiger partial charge in [-0.3, -0.25) is 4.79 Å². The molecule has 0 radical (unpaired) electrons. The van der Waals surface area contributed by atoms with Crippen LogP contribution in [0.1, 0.15) is 18.1 Å². The molecule has 0 aliphatic rings. The number of carbonyl (C=O) groups is 1. The Morgan fingerprint density at radius 2 is 1.96 bits per heavy atom. The Bertz CT molecular complexity index is 987. The van der Waals surface area contributed by atoms with Crippen molar-refractivity contribution in [1.29, 1.82) is 0 Å². The second-order valence-corrected chi connectivity index (χ2v) is 7.27. The molecule has 0 unspecified atom stereocenters. The van der Waals surface area contributed by atoms with Crippen molar-refractivity contribution in [2.75, 3.05) is 20.3 Å². The zero-order valence-electron chi connectivity index (χ0n) is 15.9. The highest BCUT2D eigenvalue weighted by Crippen LogP contribution is 2.23. The lowest BCUT2D eigenvalue weighted by Crippen LogP contribution is -2.19. The Hall–Kier alpha value is -2.44. The van der Waals surface area contributed by atoms with Crippen LogP contribution in [-0.4, -0.2) is 30.8 Å². The molecule has 0 saturated heterocycles. The van der Waals surface area contributed by atoms with E-state index in [4.69, 9.17) is 9.47 Å². The molecule has 27 heavy (non-hydrogen) atoms. The number of ether oxygens (including phenoxy) is 2. The molecule has 3 rings (SSSR count). The van der Waals surface area contributed by atoms with E-state index in [0.717, 1.165) is 21.5 Å². The first-order valence-corrected chi connectivity index (χ1v) is 9.80. The second-order valence-electron chi connectivity index (χ2n) is 6.26. The SMILES string of the molecule is CCOc1ccc2c(c1)sc(=NC(=O)Cc1ccc(C)cc1)n2CCOC. The lowest BCUT2D eigenvalue weighted by Gasteiger charge is -2.06. The van der Waals surface area contributed by atoms with Gasteiger partial charge in [-0.2, -0.15) is 4.99 Å². The third-order valence-corrected chi connectivity index (χ3v) is 5.22. The van der Waals surface area contributed by atoms with Gasteiger partial charge in [0.15, 0.2) is 4.80 Å². The number of aromatic nitrogens is 1. The number of hydrogen-bond donors (Lipinski definition) is 0. The summed E-state index contributed by atoms with van der Waals surface area (Å²) in [5, 5.41) is 0. The number of fused-ring (bicyclic) bond motifs is 1. The Balaban J connectivity index is 1.95. The van der Waals surface area contributed by atoms with Crippen molar-refractivity contribution in [1.82, 2.24) is 4.57 Å². The van der Waals surface area contributed by atoms with Crippen LogP contribution in [0.4, 0.5) is 0 Å². The topological polar surface area (TPSA) is 52.8 Å². The molecule has 1 amide bonds. The van der Waals surface area contributed by atoms with E-state index >= 15 is 0 Å². The lowest BCUT2D eigenvalue weighted by atomic mass is 10.1. The van der Waals surface area contributed by atoms with E-state index in [1.807, 2.05) is 60.9 Å². The van der Waals surface area contributed by atoms with Crippen LogP contribution in [0, 0.1) is 6.92 Å². The molecule has 0 N–H and O–H groups in total. The van der Waals surface area contributed by atoms with E-state index in [0.29, 0.717) is 31.0 Å². The molecule has 5 nitrogen and oxygen atoms in total. The first-order valence-electron chi connectivity index (χ1n) is 8.99. The summed E-state index contributed by atoms with van der Waals surface area (Å²) in [6, 6.07) is 13.9. The number of aryl methyl sites for hydroxylation is 1. The van der Waals surface area contributed by atoms with Crippen LogP contribution in [0.25, 0.3) is 10.2 Å². The highest BCUT2D eigenvalue weighted by Gasteiger charge is 2.10. The lowest BCUT2D eigenvalue weighted by molar-refractivity contribution is -0.117. The van der Waals surface area contributed by atoms with Crippen molar-refractivity contribution in [2.45, 2.75) is 26.8 Å². The van der Waals surface area contributed by atoms with Crippen LogP contribution in [-0.2, 0) is 22.5 Å². The molecule has 0 bridgehead atoms. The summed E-state index contributed by atoms with van der Waals surface area (Å²) in [4.78, 5) is 17.6. The van der Waals surface area contributed by atoms with Gasteiger partial charge >= 0.3 is 0 Å². The van der Waals surface area contributed by atoms with Crippen LogP contribution in [0.3, 0.4) is 0 Å². The van der Waals surface area contributed by atoms with E-state index in [1.54, 1.807) is 7.11 Å². The minimum atomic E-state index is -0.151. The predicted molar refractivity (Wildman–Crippen MR) is 108 cm³/mol. The average Bonchev–Trinajstić information content (AvgIpc) is 2.98. The standard InChI is InChI=1S/C21H24N2O3S/c1-4-26-17-9-10-18-19(14-17)27-21(23(18)11-12-25-3)22-20(24)13-16-7-5-15(2)6-8-16/h5-10,14H,4,11-13H2,1-3H3. The molecule has 0 aliphatic heterocycles. The number of thiazole rings is 1. The summed E-state index contributed by atoms with van der Waals surface area (Å²) < 4.78 is 13.9. The highest BCUT2D eigenvalue weighted by molar-refractivity contribution is 7.16. The molecule has 0 fully saturated rings. The van der Waals surface area contributed by atoms with Crippen molar-refractivity contribution in [2.24, 2.45) is 4.99 Å². The largest absolute Gasteiger partial charge is 0.494 e. The fourth-order valence-electron chi connectivity index (χ4n) is 2.82. The molecule has 0 aliphatic carbocycles. The van der Waals surface area contributed by atoms with Gasteiger partial charge in [0.1, 0.15) is 5.75 Å². The summed E-state index contributed by atoms with van der Waals surface area (Å²) >= 11 is 1.50. The van der Waals surface area contributed by atoms with Crippen molar-refractivity contribution >= 4 is 27.5 Å². The first kappa shape index (κ1) is 19.3. The molecule has 1 aromatic heterocycles. The van der Waals surface area contributed by atoms with Gasteiger partial charge in [0.25, 0.3) is 5.91 Å². The van der Waals surface area contributed by atoms with Gasteiger partial charge in [-0.25, -0.2) is 0 Å². The van der Waals surface area contributed by atoms with Crippen molar-refractivity contribution in [3.8, 4) is 5.75 Å². The van der Waals surface area contributed by atoms with Crippen LogP contribution < -0.4 is 9.54 Å². The molecule has 0 spiro atoms. The zero-order valence-corrected chi connectivity index (χ0v) is 16.7. The van der Waals surface area contributed by atoms with E-state index in [9.17, 15) is 4.79 Å². The Kier molecular flexibility index (Phi) is 6.42. The van der Waals surface area contributed by atoms with E-state index < -0.39 is 0 Å². The maximum Gasteiger partial charge on any atom is 0.252 e. The Morgan fingerprint density at radius 1 is 1.19 bits per heavy atom. The van der Waals surface area contributed by atoms with Gasteiger partial charge in [-0.05, 0) is 37.6 Å². The third-order valence-electron chi connectivity index (χ3n) is 4.18. The number of hydrogen-bond acceptors (Lipinski definition) is 4. The normalized spacial score (nSPS) is 11.9. The van der Waals surface area contributed by atoms with E-state index in [1.165, 1.54) is 16.9 Å². The molecule has 142 valence electrons. The smallest absolute Gasteiger partial charge is 0.252 e. The number of nitrogens with zero attached hydrogens (tertiary/aromatic N) is 2. The number of rotatable bonds is 7. The molecule has 0 saturated carbocycles. The minimum absolute atomic E-state index is 0.151. The number of methoxy groups -OCH3 is 1. The second kappa shape index (κ2) is 8.97. The van der Waals surface area contributed by atoms with Gasteiger partial charge in [-0.15, -0.1) is 0 Å². The Morgan fingerprint density at radius 3 is 2.67 bits per heavy atom. The third kappa shape index (κ3) is 4.84. The predicted octanol–water partition coefficient (Wildman–Crippen LogP) is 3.73. The summed E-state index contributed by atoms with van der Waals surface area (Å²) in [6.45, 7) is 5.80. The maximum atomic E-state index is 12.5. The van der Waals surface area contributed by atoms with Gasteiger partial charge < -0.3 is 14.0 Å². The van der Waals surface area contributed by atoms with Crippen LogP contribution in [0.15, 0.2) is 47.5 Å². The van der Waals surface area contributed by atoms with E-state index in [2.05, 4.69) is 4.99 Å². The molecule has 6 heteroatoms. The monoisotopic (exact) mass is 384 g/mol. The number of carbonyl (C=O) groups excluding carboxylic acids is 1. The highest BCUT2D eigenvalue weighted by atomic mass is 32.1. The van der Waals surface area contributed by atoms with Crippen LogP contribution in [0.5, 0.6) is 5.75 Å². The van der Waals surface area contributed by atoms with Crippen molar-refractivity contribution < 1.29 is 14.3 Å². The molecule has 1 heterocycles. The van der Waals surface area contributed by atoms with Gasteiger partial charge in [0.2, 0.25) is 0 Å².